The second kappa shape index (κ2) is 8.55. The van der Waals surface area contributed by atoms with Crippen molar-refractivity contribution in [2.45, 2.75) is 26.7 Å². The zero-order valence-electron chi connectivity index (χ0n) is 15.5. The van der Waals surface area contributed by atoms with Gasteiger partial charge in [0.2, 0.25) is 0 Å². The first-order valence-electron chi connectivity index (χ1n) is 8.68. The van der Waals surface area contributed by atoms with Gasteiger partial charge in [-0.1, -0.05) is 49.7 Å². The van der Waals surface area contributed by atoms with Crippen molar-refractivity contribution in [1.82, 2.24) is 4.98 Å². The molecule has 1 amide bonds. The fourth-order valence-electron chi connectivity index (χ4n) is 2.58. The number of thiazole rings is 1. The van der Waals surface area contributed by atoms with Crippen molar-refractivity contribution in [2.75, 3.05) is 11.9 Å². The average Bonchev–Trinajstić information content (AvgIpc) is 3.01. The van der Waals surface area contributed by atoms with E-state index in [2.05, 4.69) is 24.1 Å². The summed E-state index contributed by atoms with van der Waals surface area (Å²) in [6, 6.07) is 15.3. The largest absolute Gasteiger partial charge is 0.484 e. The topological polar surface area (TPSA) is 51.2 Å². The number of hydrogen-bond donors (Lipinski definition) is 1. The number of anilines is 1. The predicted molar refractivity (Wildman–Crippen MR) is 112 cm³/mol. The third-order valence-electron chi connectivity index (χ3n) is 4.08. The molecule has 2 aromatic carbocycles. The molecule has 4 nitrogen and oxygen atoms in total. The van der Waals surface area contributed by atoms with E-state index in [0.29, 0.717) is 21.8 Å². The Morgan fingerprint density at radius 1 is 1.15 bits per heavy atom. The van der Waals surface area contributed by atoms with Crippen molar-refractivity contribution < 1.29 is 9.53 Å². The average molecular weight is 401 g/mol. The van der Waals surface area contributed by atoms with Crippen molar-refractivity contribution in [2.24, 2.45) is 0 Å². The quantitative estimate of drug-likeness (QED) is 0.559. The Hall–Kier alpha value is -2.37. The van der Waals surface area contributed by atoms with Crippen LogP contribution in [0.25, 0.3) is 11.3 Å². The molecule has 0 bridgehead atoms. The van der Waals surface area contributed by atoms with Gasteiger partial charge in [-0.15, -0.1) is 11.3 Å². The van der Waals surface area contributed by atoms with E-state index in [4.69, 9.17) is 16.3 Å². The second-order valence-electron chi connectivity index (χ2n) is 6.49. The van der Waals surface area contributed by atoms with Crippen LogP contribution in [0.2, 0.25) is 5.02 Å². The number of nitrogens with one attached hydrogen (secondary N) is 1. The summed E-state index contributed by atoms with van der Waals surface area (Å²) < 4.78 is 5.56. The van der Waals surface area contributed by atoms with Gasteiger partial charge in [0.15, 0.2) is 11.7 Å². The highest BCUT2D eigenvalue weighted by Gasteiger charge is 2.12. The van der Waals surface area contributed by atoms with Crippen LogP contribution in [0.3, 0.4) is 0 Å². The third-order valence-corrected chi connectivity index (χ3v) is 5.22. The molecule has 0 atom stereocenters. The van der Waals surface area contributed by atoms with Crippen molar-refractivity contribution in [3.05, 3.63) is 64.0 Å². The van der Waals surface area contributed by atoms with Crippen LogP contribution < -0.4 is 10.1 Å². The second-order valence-corrected chi connectivity index (χ2v) is 8.13. The minimum atomic E-state index is -0.237. The number of rotatable bonds is 6. The number of aryl methyl sites for hydroxylation is 1. The van der Waals surface area contributed by atoms with Gasteiger partial charge in [-0.25, -0.2) is 4.98 Å². The number of benzene rings is 2. The molecule has 140 valence electrons. The van der Waals surface area contributed by atoms with E-state index >= 15 is 0 Å². The highest BCUT2D eigenvalue weighted by Crippen LogP contribution is 2.31. The van der Waals surface area contributed by atoms with Gasteiger partial charge < -0.3 is 4.74 Å². The Bertz CT molecular complexity index is 918. The molecule has 0 saturated carbocycles. The van der Waals surface area contributed by atoms with Crippen molar-refractivity contribution in [3.8, 4) is 17.0 Å². The van der Waals surface area contributed by atoms with Crippen LogP contribution in [-0.4, -0.2) is 17.5 Å². The summed E-state index contributed by atoms with van der Waals surface area (Å²) in [6.45, 7) is 6.19. The van der Waals surface area contributed by atoms with E-state index in [9.17, 15) is 4.79 Å². The van der Waals surface area contributed by atoms with Gasteiger partial charge in [-0.2, -0.15) is 0 Å². The van der Waals surface area contributed by atoms with Crippen molar-refractivity contribution >= 4 is 34.0 Å². The van der Waals surface area contributed by atoms with Crippen molar-refractivity contribution in [3.63, 3.8) is 0 Å². The van der Waals surface area contributed by atoms with Gasteiger partial charge in [0.25, 0.3) is 5.91 Å². The molecule has 1 heterocycles. The van der Waals surface area contributed by atoms with E-state index < -0.39 is 0 Å². The van der Waals surface area contributed by atoms with Crippen LogP contribution in [0.15, 0.2) is 48.5 Å². The molecular weight excluding hydrogens is 380 g/mol. The van der Waals surface area contributed by atoms with Gasteiger partial charge in [0, 0.05) is 15.5 Å². The molecule has 0 aliphatic heterocycles. The van der Waals surface area contributed by atoms with Gasteiger partial charge in [-0.3, -0.25) is 10.1 Å². The molecule has 0 aliphatic rings. The summed E-state index contributed by atoms with van der Waals surface area (Å²) in [5, 5.41) is 4.04. The SMILES string of the molecule is Cc1sc(NC(=O)COc2ccc(C(C)C)cc2)nc1-c1ccc(Cl)cc1. The standard InChI is InChI=1S/C21H21ClN2O2S/c1-13(2)15-6-10-18(11-7-15)26-12-19(25)23-21-24-20(14(3)27-21)16-4-8-17(22)9-5-16/h4-11,13H,12H2,1-3H3,(H,23,24,25). The lowest BCUT2D eigenvalue weighted by Gasteiger charge is -2.08. The van der Waals surface area contributed by atoms with E-state index in [1.807, 2.05) is 55.5 Å². The van der Waals surface area contributed by atoms with Gasteiger partial charge >= 0.3 is 0 Å². The van der Waals surface area contributed by atoms with Crippen LogP contribution in [0.1, 0.15) is 30.2 Å². The summed E-state index contributed by atoms with van der Waals surface area (Å²) in [7, 11) is 0. The van der Waals surface area contributed by atoms with Crippen LogP contribution >= 0.6 is 22.9 Å². The minimum absolute atomic E-state index is 0.0596. The maximum absolute atomic E-state index is 12.2. The Morgan fingerprint density at radius 3 is 2.44 bits per heavy atom. The molecule has 0 saturated heterocycles. The highest BCUT2D eigenvalue weighted by molar-refractivity contribution is 7.16. The summed E-state index contributed by atoms with van der Waals surface area (Å²) in [6.07, 6.45) is 0. The number of hydrogen-bond acceptors (Lipinski definition) is 4. The molecule has 0 spiro atoms. The molecule has 1 N–H and O–H groups in total. The number of nitrogens with zero attached hydrogens (tertiary/aromatic N) is 1. The van der Waals surface area contributed by atoms with Crippen LogP contribution in [0.4, 0.5) is 5.13 Å². The number of carbonyl (C=O) groups is 1. The first-order valence-corrected chi connectivity index (χ1v) is 9.88. The first-order chi connectivity index (χ1) is 12.9. The Balaban J connectivity index is 1.59. The van der Waals surface area contributed by atoms with E-state index in [1.54, 1.807) is 0 Å². The fourth-order valence-corrected chi connectivity index (χ4v) is 3.56. The lowest BCUT2D eigenvalue weighted by atomic mass is 10.0. The highest BCUT2D eigenvalue weighted by atomic mass is 35.5. The lowest BCUT2D eigenvalue weighted by molar-refractivity contribution is -0.118. The fraction of sp³-hybridized carbons (Fsp3) is 0.238. The molecular formula is C21H21ClN2O2S. The van der Waals surface area contributed by atoms with Gasteiger partial charge in [0.05, 0.1) is 5.69 Å². The van der Waals surface area contributed by atoms with Crippen LogP contribution in [-0.2, 0) is 4.79 Å². The summed E-state index contributed by atoms with van der Waals surface area (Å²) in [4.78, 5) is 17.7. The molecule has 27 heavy (non-hydrogen) atoms. The van der Waals surface area contributed by atoms with E-state index in [-0.39, 0.29) is 12.5 Å². The van der Waals surface area contributed by atoms with Crippen molar-refractivity contribution in [1.29, 1.82) is 0 Å². The zero-order chi connectivity index (χ0) is 19.4. The number of carbonyl (C=O) groups excluding carboxylic acids is 1. The summed E-state index contributed by atoms with van der Waals surface area (Å²) in [5.41, 5.74) is 3.05. The Kier molecular flexibility index (Phi) is 6.14. The smallest absolute Gasteiger partial charge is 0.264 e. The summed E-state index contributed by atoms with van der Waals surface area (Å²) in [5.74, 6) is 0.899. The molecule has 0 fully saturated rings. The monoisotopic (exact) mass is 400 g/mol. The Morgan fingerprint density at radius 2 is 1.81 bits per heavy atom. The molecule has 0 radical (unpaired) electrons. The first kappa shape index (κ1) is 19.4. The maximum atomic E-state index is 12.2. The Labute approximate surface area is 168 Å². The molecule has 3 rings (SSSR count). The lowest BCUT2D eigenvalue weighted by Crippen LogP contribution is -2.20. The maximum Gasteiger partial charge on any atom is 0.264 e. The number of aromatic nitrogens is 1. The van der Waals surface area contributed by atoms with Crippen LogP contribution in [0, 0.1) is 6.92 Å². The molecule has 1 aromatic heterocycles. The summed E-state index contributed by atoms with van der Waals surface area (Å²) >= 11 is 7.37. The minimum Gasteiger partial charge on any atom is -0.484 e. The predicted octanol–water partition coefficient (Wildman–Crippen LogP) is 5.91. The number of amides is 1. The molecule has 0 aliphatic carbocycles. The molecule has 6 heteroatoms. The molecule has 3 aromatic rings. The number of ether oxygens (including phenoxy) is 1. The zero-order valence-corrected chi connectivity index (χ0v) is 17.0. The normalized spacial score (nSPS) is 10.9. The van der Waals surface area contributed by atoms with E-state index in [1.165, 1.54) is 16.9 Å². The third kappa shape index (κ3) is 5.08. The van der Waals surface area contributed by atoms with E-state index in [0.717, 1.165) is 16.1 Å². The van der Waals surface area contributed by atoms with Gasteiger partial charge in [0.1, 0.15) is 5.75 Å². The van der Waals surface area contributed by atoms with Crippen LogP contribution in [0.5, 0.6) is 5.75 Å². The molecule has 0 unspecified atom stereocenters. The number of halogens is 1. The van der Waals surface area contributed by atoms with Gasteiger partial charge in [-0.05, 0) is 42.7 Å².